The minimum Gasteiger partial charge on any atom is -0.444 e. The van der Waals surface area contributed by atoms with Crippen molar-refractivity contribution in [3.63, 3.8) is 0 Å². The predicted octanol–water partition coefficient (Wildman–Crippen LogP) is 3.52. The van der Waals surface area contributed by atoms with E-state index < -0.39 is 18.0 Å². The van der Waals surface area contributed by atoms with Gasteiger partial charge in [-0.1, -0.05) is 23.7 Å². The molecule has 0 aliphatic carbocycles. The smallest absolute Gasteiger partial charge is 0.411 e. The van der Waals surface area contributed by atoms with Crippen molar-refractivity contribution in [3.05, 3.63) is 63.2 Å². The fourth-order valence-corrected chi connectivity index (χ4v) is 6.27. The Bertz CT molecular complexity index is 1380. The van der Waals surface area contributed by atoms with Crippen molar-refractivity contribution in [2.45, 2.75) is 70.6 Å². The molecule has 0 radical (unpaired) electrons. The number of likely N-dealkylation sites (tertiary alicyclic amines) is 1. The quantitative estimate of drug-likeness (QED) is 0.514. The minimum absolute atomic E-state index is 0.0339. The van der Waals surface area contributed by atoms with Crippen molar-refractivity contribution < 1.29 is 28.7 Å². The lowest BCUT2D eigenvalue weighted by Gasteiger charge is -2.32. The monoisotopic (exact) mass is 566 g/mol. The summed E-state index contributed by atoms with van der Waals surface area (Å²) in [7, 11) is 0. The standard InChI is InChI=1S/C29H31ClN4O6/c1-16-19(11-33-13-21-4-5-22(14-33)40-21)9-20(10-24(16)30)31-29(38)39-15-17-2-3-18-12-34(28(37)23(18)8-17)25-6-7-26(35)32-27(25)36/h2-3,8-10,21-22,25H,4-7,11-15H2,1H3,(H,31,38)(H,32,35,36). The second-order valence-corrected chi connectivity index (χ2v) is 11.4. The van der Waals surface area contributed by atoms with Gasteiger partial charge in [-0.15, -0.1) is 0 Å². The summed E-state index contributed by atoms with van der Waals surface area (Å²) in [5.41, 5.74) is 4.49. The highest BCUT2D eigenvalue weighted by Crippen LogP contribution is 2.31. The Hall–Kier alpha value is -3.47. The molecule has 2 aromatic carbocycles. The molecule has 0 saturated carbocycles. The Morgan fingerprint density at radius 1 is 1.12 bits per heavy atom. The van der Waals surface area contributed by atoms with Crippen LogP contribution in [-0.4, -0.2) is 65.0 Å². The van der Waals surface area contributed by atoms with Gasteiger partial charge in [-0.2, -0.15) is 0 Å². The third-order valence-electron chi connectivity index (χ3n) is 8.17. The lowest BCUT2D eigenvalue weighted by Crippen LogP contribution is -2.52. The van der Waals surface area contributed by atoms with E-state index >= 15 is 0 Å². The largest absolute Gasteiger partial charge is 0.444 e. The third kappa shape index (κ3) is 5.43. The second-order valence-electron chi connectivity index (χ2n) is 11.0. The number of carbonyl (C=O) groups is 4. The van der Waals surface area contributed by atoms with Gasteiger partial charge >= 0.3 is 6.09 Å². The van der Waals surface area contributed by atoms with Crippen molar-refractivity contribution in [2.24, 2.45) is 0 Å². The van der Waals surface area contributed by atoms with E-state index in [9.17, 15) is 19.2 Å². The molecule has 3 unspecified atom stereocenters. The number of morpholine rings is 1. The molecule has 40 heavy (non-hydrogen) atoms. The number of anilines is 1. The Labute approximate surface area is 236 Å². The number of halogens is 1. The summed E-state index contributed by atoms with van der Waals surface area (Å²) in [5.74, 6) is -1.05. The fourth-order valence-electron chi connectivity index (χ4n) is 6.04. The van der Waals surface area contributed by atoms with Crippen LogP contribution in [0.4, 0.5) is 10.5 Å². The topological polar surface area (TPSA) is 117 Å². The van der Waals surface area contributed by atoms with Crippen LogP contribution in [0.1, 0.15) is 58.3 Å². The van der Waals surface area contributed by atoms with Crippen LogP contribution in [-0.2, 0) is 38.8 Å². The van der Waals surface area contributed by atoms with Gasteiger partial charge in [0.15, 0.2) is 0 Å². The molecule has 2 bridgehead atoms. The van der Waals surface area contributed by atoms with Gasteiger partial charge < -0.3 is 14.4 Å². The Kier molecular flexibility index (Phi) is 7.24. The molecular weight excluding hydrogens is 536 g/mol. The van der Waals surface area contributed by atoms with Gasteiger partial charge in [0, 0.05) is 48.9 Å². The first-order chi connectivity index (χ1) is 19.2. The molecule has 11 heteroatoms. The Morgan fingerprint density at radius 3 is 2.65 bits per heavy atom. The second kappa shape index (κ2) is 10.8. The third-order valence-corrected chi connectivity index (χ3v) is 8.57. The number of hydrogen-bond acceptors (Lipinski definition) is 7. The van der Waals surface area contributed by atoms with Gasteiger partial charge in [0.25, 0.3) is 5.91 Å². The summed E-state index contributed by atoms with van der Waals surface area (Å²) >= 11 is 6.50. The van der Waals surface area contributed by atoms with Crippen LogP contribution in [0.15, 0.2) is 30.3 Å². The first-order valence-corrected chi connectivity index (χ1v) is 14.0. The van der Waals surface area contributed by atoms with E-state index in [0.717, 1.165) is 49.2 Å². The number of carbonyl (C=O) groups excluding carboxylic acids is 4. The van der Waals surface area contributed by atoms with Crippen molar-refractivity contribution in [2.75, 3.05) is 18.4 Å². The van der Waals surface area contributed by atoms with Gasteiger partial charge in [0.05, 0.1) is 12.2 Å². The number of hydrogen-bond donors (Lipinski definition) is 2. The number of benzene rings is 2. The van der Waals surface area contributed by atoms with Crippen LogP contribution in [0, 0.1) is 6.92 Å². The highest BCUT2D eigenvalue weighted by molar-refractivity contribution is 6.31. The van der Waals surface area contributed by atoms with Crippen LogP contribution in [0.5, 0.6) is 0 Å². The fraction of sp³-hybridized carbons (Fsp3) is 0.448. The summed E-state index contributed by atoms with van der Waals surface area (Å²) in [6.07, 6.45) is 2.66. The molecule has 10 nitrogen and oxygen atoms in total. The van der Waals surface area contributed by atoms with Crippen molar-refractivity contribution >= 4 is 41.1 Å². The Morgan fingerprint density at radius 2 is 1.90 bits per heavy atom. The summed E-state index contributed by atoms with van der Waals surface area (Å²) in [4.78, 5) is 53.3. The zero-order valence-electron chi connectivity index (χ0n) is 22.2. The van der Waals surface area contributed by atoms with Crippen LogP contribution >= 0.6 is 11.6 Å². The van der Waals surface area contributed by atoms with E-state index in [2.05, 4.69) is 15.5 Å². The molecule has 2 aromatic rings. The summed E-state index contributed by atoms with van der Waals surface area (Å²) < 4.78 is 11.4. The number of ether oxygens (including phenoxy) is 2. The summed E-state index contributed by atoms with van der Waals surface area (Å²) in [6.45, 7) is 4.75. The predicted molar refractivity (Wildman–Crippen MR) is 146 cm³/mol. The molecule has 210 valence electrons. The van der Waals surface area contributed by atoms with Gasteiger partial charge in [0.1, 0.15) is 12.6 Å². The number of piperidine rings is 1. The highest BCUT2D eigenvalue weighted by atomic mass is 35.5. The van der Waals surface area contributed by atoms with Crippen LogP contribution in [0.25, 0.3) is 0 Å². The highest BCUT2D eigenvalue weighted by Gasteiger charge is 2.39. The first-order valence-electron chi connectivity index (χ1n) is 13.6. The molecule has 3 atom stereocenters. The molecular formula is C29H31ClN4O6. The first kappa shape index (κ1) is 26.7. The van der Waals surface area contributed by atoms with E-state index in [4.69, 9.17) is 21.1 Å². The number of rotatable bonds is 6. The molecule has 4 aliphatic heterocycles. The van der Waals surface area contributed by atoms with Crippen molar-refractivity contribution in [1.29, 1.82) is 0 Å². The average molecular weight is 567 g/mol. The summed E-state index contributed by atoms with van der Waals surface area (Å²) in [6, 6.07) is 8.25. The van der Waals surface area contributed by atoms with Gasteiger partial charge in [0.2, 0.25) is 11.8 Å². The van der Waals surface area contributed by atoms with E-state index in [0.29, 0.717) is 47.0 Å². The molecule has 0 aromatic heterocycles. The molecule has 3 fully saturated rings. The molecule has 0 spiro atoms. The number of nitrogens with zero attached hydrogens (tertiary/aromatic N) is 2. The van der Waals surface area contributed by atoms with Gasteiger partial charge in [-0.25, -0.2) is 4.79 Å². The number of nitrogens with one attached hydrogen (secondary N) is 2. The molecule has 4 heterocycles. The van der Waals surface area contributed by atoms with E-state index in [-0.39, 0.29) is 24.8 Å². The average Bonchev–Trinajstić information content (AvgIpc) is 3.43. The zero-order valence-corrected chi connectivity index (χ0v) is 23.0. The van der Waals surface area contributed by atoms with E-state index in [1.807, 2.05) is 13.0 Å². The van der Waals surface area contributed by atoms with E-state index in [1.54, 1.807) is 24.3 Å². The molecule has 6 rings (SSSR count). The normalized spacial score (nSPS) is 24.2. The maximum atomic E-state index is 13.0. The maximum Gasteiger partial charge on any atom is 0.411 e. The molecule has 4 amide bonds. The number of amides is 4. The lowest BCUT2D eigenvalue weighted by molar-refractivity contribution is -0.136. The van der Waals surface area contributed by atoms with Gasteiger partial charge in [-0.05, 0) is 66.6 Å². The minimum atomic E-state index is -0.673. The molecule has 3 saturated heterocycles. The maximum absolute atomic E-state index is 13.0. The summed E-state index contributed by atoms with van der Waals surface area (Å²) in [5, 5.41) is 5.64. The zero-order chi connectivity index (χ0) is 28.0. The number of imide groups is 1. The van der Waals surface area contributed by atoms with Crippen LogP contribution in [0.2, 0.25) is 5.02 Å². The van der Waals surface area contributed by atoms with Crippen LogP contribution < -0.4 is 10.6 Å². The lowest BCUT2D eigenvalue weighted by atomic mass is 10.0. The molecule has 4 aliphatic rings. The van der Waals surface area contributed by atoms with Gasteiger partial charge in [-0.3, -0.25) is 29.9 Å². The van der Waals surface area contributed by atoms with Crippen LogP contribution in [0.3, 0.4) is 0 Å². The number of fused-ring (bicyclic) bond motifs is 3. The SMILES string of the molecule is Cc1c(Cl)cc(NC(=O)OCc2ccc3c(c2)C(=O)N(C2CCC(=O)NC2=O)C3)cc1CN1CC2CCC(C1)O2. The molecule has 2 N–H and O–H groups in total. The Balaban J connectivity index is 1.06. The van der Waals surface area contributed by atoms with E-state index in [1.165, 1.54) is 4.90 Å². The van der Waals surface area contributed by atoms with Crippen molar-refractivity contribution in [3.8, 4) is 0 Å². The van der Waals surface area contributed by atoms with Crippen molar-refractivity contribution in [1.82, 2.24) is 15.1 Å².